The van der Waals surface area contributed by atoms with E-state index >= 15 is 0 Å². The molecule has 3 heterocycles. The molecule has 0 amide bonds. The molecule has 0 aliphatic rings. The van der Waals surface area contributed by atoms with Crippen molar-refractivity contribution in [2.45, 2.75) is 12.6 Å². The Bertz CT molecular complexity index is 1250. The van der Waals surface area contributed by atoms with Gasteiger partial charge in [0.05, 0.1) is 12.9 Å². The lowest BCUT2D eigenvalue weighted by Crippen LogP contribution is -2.38. The van der Waals surface area contributed by atoms with E-state index in [9.17, 15) is 14.7 Å². The third-order valence-corrected chi connectivity index (χ3v) is 4.61. The molecule has 27 heavy (non-hydrogen) atoms. The summed E-state index contributed by atoms with van der Waals surface area (Å²) in [4.78, 5) is 31.7. The maximum Gasteiger partial charge on any atom is 0.332 e. The van der Waals surface area contributed by atoms with Gasteiger partial charge in [-0.25, -0.2) is 9.78 Å². The van der Waals surface area contributed by atoms with Crippen molar-refractivity contribution in [2.75, 3.05) is 6.61 Å². The number of aromatic amines is 1. The van der Waals surface area contributed by atoms with Crippen LogP contribution in [0.4, 0.5) is 0 Å². The molecule has 0 fully saturated rings. The number of hydrogen-bond acceptors (Lipinski definition) is 5. The van der Waals surface area contributed by atoms with Crippen LogP contribution >= 0.6 is 0 Å². The van der Waals surface area contributed by atoms with Crippen LogP contribution in [-0.4, -0.2) is 41.5 Å². The van der Waals surface area contributed by atoms with Crippen molar-refractivity contribution in [3.8, 4) is 5.75 Å². The number of aromatic nitrogens is 5. The van der Waals surface area contributed by atoms with Crippen molar-refractivity contribution >= 4 is 22.1 Å². The first-order valence-electron chi connectivity index (χ1n) is 8.45. The fourth-order valence-electron chi connectivity index (χ4n) is 3.18. The summed E-state index contributed by atoms with van der Waals surface area (Å²) in [5.74, 6) is 0.668. The second-order valence-corrected chi connectivity index (χ2v) is 6.43. The number of nitrogens with zero attached hydrogens (tertiary/aromatic N) is 4. The first-order chi connectivity index (χ1) is 13.0. The lowest BCUT2D eigenvalue weighted by molar-refractivity contribution is 0.0941. The molecular formula is C18H19N5O4. The van der Waals surface area contributed by atoms with Crippen LogP contribution in [0, 0.1) is 0 Å². The molecule has 0 aliphatic carbocycles. The Morgan fingerprint density at radius 1 is 1.22 bits per heavy atom. The predicted octanol–water partition coefficient (Wildman–Crippen LogP) is 0.355. The van der Waals surface area contributed by atoms with Crippen LogP contribution in [0.2, 0.25) is 0 Å². The van der Waals surface area contributed by atoms with Crippen molar-refractivity contribution in [1.29, 1.82) is 0 Å². The number of ether oxygens (including phenoxy) is 1. The fourth-order valence-corrected chi connectivity index (χ4v) is 3.18. The Morgan fingerprint density at radius 3 is 2.85 bits per heavy atom. The van der Waals surface area contributed by atoms with E-state index in [1.165, 1.54) is 17.9 Å². The molecule has 0 bridgehead atoms. The third kappa shape index (κ3) is 2.81. The number of aliphatic hydroxyl groups is 1. The molecule has 0 aliphatic heterocycles. The van der Waals surface area contributed by atoms with E-state index in [-0.39, 0.29) is 24.3 Å². The second kappa shape index (κ2) is 6.44. The normalized spacial score (nSPS) is 12.7. The number of hydrogen-bond donors (Lipinski definition) is 2. The zero-order chi connectivity index (χ0) is 19.1. The van der Waals surface area contributed by atoms with E-state index in [2.05, 4.69) is 9.97 Å². The highest BCUT2D eigenvalue weighted by molar-refractivity contribution is 5.85. The van der Waals surface area contributed by atoms with E-state index in [1.54, 1.807) is 11.6 Å². The highest BCUT2D eigenvalue weighted by Gasteiger charge is 2.17. The third-order valence-electron chi connectivity index (χ3n) is 4.61. The molecule has 2 N–H and O–H groups in total. The minimum absolute atomic E-state index is 0.0516. The second-order valence-electron chi connectivity index (χ2n) is 6.43. The lowest BCUT2D eigenvalue weighted by atomic mass is 10.2. The van der Waals surface area contributed by atoms with Gasteiger partial charge in [0, 0.05) is 31.2 Å². The topological polar surface area (TPSA) is 107 Å². The lowest BCUT2D eigenvalue weighted by Gasteiger charge is -2.14. The Kier molecular flexibility index (Phi) is 4.08. The highest BCUT2D eigenvalue weighted by Crippen LogP contribution is 2.24. The average molecular weight is 369 g/mol. The molecule has 140 valence electrons. The average Bonchev–Trinajstić information content (AvgIpc) is 3.30. The summed E-state index contributed by atoms with van der Waals surface area (Å²) in [6, 6.07) is 7.55. The molecule has 0 saturated heterocycles. The molecule has 4 rings (SSSR count). The van der Waals surface area contributed by atoms with Crippen LogP contribution in [0.25, 0.3) is 22.1 Å². The van der Waals surface area contributed by atoms with Gasteiger partial charge in [-0.1, -0.05) is 6.07 Å². The van der Waals surface area contributed by atoms with Gasteiger partial charge in [0.1, 0.15) is 18.5 Å². The van der Waals surface area contributed by atoms with Gasteiger partial charge in [0.2, 0.25) is 0 Å². The molecule has 4 aromatic rings. The zero-order valence-corrected chi connectivity index (χ0v) is 14.9. The van der Waals surface area contributed by atoms with E-state index in [0.29, 0.717) is 5.75 Å². The minimum Gasteiger partial charge on any atom is -0.490 e. The number of rotatable bonds is 5. The van der Waals surface area contributed by atoms with E-state index in [0.717, 1.165) is 15.5 Å². The SMILES string of the molecule is Cn1c(=O)c2c(ncn2CC(O)COc2cccc3[nH]ccc23)n(C)c1=O. The summed E-state index contributed by atoms with van der Waals surface area (Å²) < 4.78 is 9.63. The van der Waals surface area contributed by atoms with Gasteiger partial charge in [-0.2, -0.15) is 0 Å². The highest BCUT2D eigenvalue weighted by atomic mass is 16.5. The number of aliphatic hydroxyl groups excluding tert-OH is 1. The molecule has 9 nitrogen and oxygen atoms in total. The summed E-state index contributed by atoms with van der Waals surface area (Å²) in [5, 5.41) is 11.3. The molecule has 9 heteroatoms. The van der Waals surface area contributed by atoms with Crippen LogP contribution in [0.3, 0.4) is 0 Å². The quantitative estimate of drug-likeness (QED) is 0.528. The Morgan fingerprint density at radius 2 is 2.04 bits per heavy atom. The van der Waals surface area contributed by atoms with Gasteiger partial charge >= 0.3 is 5.69 Å². The van der Waals surface area contributed by atoms with Gasteiger partial charge in [-0.05, 0) is 18.2 Å². The smallest absolute Gasteiger partial charge is 0.332 e. The van der Waals surface area contributed by atoms with Crippen LogP contribution in [0.15, 0.2) is 46.4 Å². The van der Waals surface area contributed by atoms with Crippen molar-refractivity contribution in [2.24, 2.45) is 14.1 Å². The molecule has 1 unspecified atom stereocenters. The van der Waals surface area contributed by atoms with Gasteiger partial charge in [0.15, 0.2) is 11.2 Å². The summed E-state index contributed by atoms with van der Waals surface area (Å²) in [5.41, 5.74) is 0.615. The molecule has 0 spiro atoms. The van der Waals surface area contributed by atoms with Gasteiger partial charge in [-0.3, -0.25) is 13.9 Å². The van der Waals surface area contributed by atoms with Crippen LogP contribution in [-0.2, 0) is 20.6 Å². The zero-order valence-electron chi connectivity index (χ0n) is 14.9. The standard InChI is InChI=1S/C18H19N5O4/c1-21-16-15(17(25)22(2)18(21)26)23(10-20-16)8-11(24)9-27-14-5-3-4-13-12(14)6-7-19-13/h3-7,10-11,19,24H,8-9H2,1-2H3. The number of benzene rings is 1. The van der Waals surface area contributed by atoms with Crippen molar-refractivity contribution in [3.05, 3.63) is 57.6 Å². The van der Waals surface area contributed by atoms with E-state index in [4.69, 9.17) is 4.74 Å². The van der Waals surface area contributed by atoms with Crippen molar-refractivity contribution in [3.63, 3.8) is 0 Å². The maximum atomic E-state index is 12.4. The molecule has 3 aromatic heterocycles. The Labute approximate surface area is 153 Å². The first kappa shape index (κ1) is 17.1. The number of fused-ring (bicyclic) bond motifs is 2. The fraction of sp³-hybridized carbons (Fsp3) is 0.278. The van der Waals surface area contributed by atoms with Crippen LogP contribution in [0.1, 0.15) is 0 Å². The van der Waals surface area contributed by atoms with Gasteiger partial charge in [0.25, 0.3) is 5.56 Å². The molecule has 0 radical (unpaired) electrons. The Hall–Kier alpha value is -3.33. The number of H-pyrrole nitrogens is 1. The summed E-state index contributed by atoms with van der Waals surface area (Å²) in [6.07, 6.45) is 2.41. The maximum absolute atomic E-state index is 12.4. The summed E-state index contributed by atoms with van der Waals surface area (Å²) >= 11 is 0. The van der Waals surface area contributed by atoms with Gasteiger partial charge < -0.3 is 19.4 Å². The molecular weight excluding hydrogens is 350 g/mol. The number of aryl methyl sites for hydroxylation is 1. The summed E-state index contributed by atoms with van der Waals surface area (Å²) in [6.45, 7) is 0.170. The minimum atomic E-state index is -0.862. The van der Waals surface area contributed by atoms with E-state index in [1.807, 2.05) is 30.5 Å². The molecule has 0 saturated carbocycles. The van der Waals surface area contributed by atoms with E-state index < -0.39 is 17.4 Å². The van der Waals surface area contributed by atoms with Crippen LogP contribution in [0.5, 0.6) is 5.75 Å². The largest absolute Gasteiger partial charge is 0.490 e. The van der Waals surface area contributed by atoms with Crippen LogP contribution < -0.4 is 16.0 Å². The van der Waals surface area contributed by atoms with Crippen molar-refractivity contribution in [1.82, 2.24) is 23.7 Å². The molecule has 1 atom stereocenters. The molecule has 1 aromatic carbocycles. The monoisotopic (exact) mass is 369 g/mol. The number of nitrogens with one attached hydrogen (secondary N) is 1. The predicted molar refractivity (Wildman–Crippen MR) is 100 cm³/mol. The Balaban J connectivity index is 1.57. The van der Waals surface area contributed by atoms with Gasteiger partial charge in [-0.15, -0.1) is 0 Å². The van der Waals surface area contributed by atoms with Crippen molar-refractivity contribution < 1.29 is 9.84 Å². The summed E-state index contributed by atoms with van der Waals surface area (Å²) in [7, 11) is 2.97. The first-order valence-corrected chi connectivity index (χ1v) is 8.45. The number of imidazole rings is 1.